The molecule has 0 amide bonds. The largest absolute Gasteiger partial charge is 0.461 e. The summed E-state index contributed by atoms with van der Waals surface area (Å²) in [6.45, 7) is 11.9. The van der Waals surface area contributed by atoms with Crippen LogP contribution in [-0.4, -0.2) is 77.4 Å². The predicted molar refractivity (Wildman–Crippen MR) is 167 cm³/mol. The van der Waals surface area contributed by atoms with E-state index in [0.717, 1.165) is 0 Å². The average molecular weight is 669 g/mol. The maximum atomic E-state index is 14.5. The van der Waals surface area contributed by atoms with Crippen LogP contribution in [0.2, 0.25) is 0 Å². The van der Waals surface area contributed by atoms with E-state index in [1.54, 1.807) is 71.0 Å². The molecule has 0 aromatic heterocycles. The first kappa shape index (κ1) is 35.3. The highest BCUT2D eigenvalue weighted by Gasteiger charge is 2.82. The number of hydrogen-bond acceptors (Lipinski definition) is 12. The number of hydrogen-bond donors (Lipinski definition) is 0. The number of allylic oxidation sites excluding steroid dienone is 1. The molecule has 4 aliphatic rings. The van der Waals surface area contributed by atoms with Gasteiger partial charge < -0.3 is 28.4 Å². The number of carbonyl (C=O) groups excluding carboxylic acids is 6. The lowest BCUT2D eigenvalue weighted by Gasteiger charge is -2.50. The van der Waals surface area contributed by atoms with Gasteiger partial charge in [-0.3, -0.25) is 24.0 Å². The molecule has 5 rings (SSSR count). The summed E-state index contributed by atoms with van der Waals surface area (Å²) in [4.78, 5) is 80.1. The molecule has 12 nitrogen and oxygen atoms in total. The van der Waals surface area contributed by atoms with Crippen LogP contribution < -0.4 is 0 Å². The molecule has 48 heavy (non-hydrogen) atoms. The van der Waals surface area contributed by atoms with Crippen molar-refractivity contribution in [3.63, 3.8) is 0 Å². The van der Waals surface area contributed by atoms with Gasteiger partial charge in [-0.2, -0.15) is 0 Å². The lowest BCUT2D eigenvalue weighted by atomic mass is 9.54. The smallest absolute Gasteiger partial charge is 0.338 e. The Balaban J connectivity index is 1.87. The Morgan fingerprint density at radius 1 is 0.958 bits per heavy atom. The van der Waals surface area contributed by atoms with Crippen LogP contribution in [0.15, 0.2) is 42.5 Å². The molecule has 260 valence electrons. The number of ketones is 1. The zero-order chi connectivity index (χ0) is 35.4. The Morgan fingerprint density at radius 3 is 2.21 bits per heavy atom. The van der Waals surface area contributed by atoms with Crippen LogP contribution in [-0.2, 0) is 52.4 Å². The molecular formula is C36H44O12. The van der Waals surface area contributed by atoms with Crippen LogP contribution in [0.25, 0.3) is 0 Å². The zero-order valence-electron chi connectivity index (χ0n) is 28.6. The fraction of sp³-hybridized carbons (Fsp3) is 0.611. The Labute approximate surface area is 279 Å². The number of esters is 5. The molecular weight excluding hydrogens is 624 g/mol. The van der Waals surface area contributed by atoms with E-state index < -0.39 is 99.8 Å². The average Bonchev–Trinajstić information content (AvgIpc) is 3.44. The third kappa shape index (κ3) is 5.51. The molecule has 1 aliphatic heterocycles. The third-order valence-corrected chi connectivity index (χ3v) is 10.6. The molecule has 2 bridgehead atoms. The molecule has 1 saturated heterocycles. The first-order valence-electron chi connectivity index (χ1n) is 16.3. The van der Waals surface area contributed by atoms with Crippen molar-refractivity contribution in [1.82, 2.24) is 0 Å². The predicted octanol–water partition coefficient (Wildman–Crippen LogP) is 3.93. The summed E-state index contributed by atoms with van der Waals surface area (Å²) < 4.78 is 37.5. The summed E-state index contributed by atoms with van der Waals surface area (Å²) in [5.74, 6) is -7.21. The minimum absolute atomic E-state index is 0.00475. The summed E-state index contributed by atoms with van der Waals surface area (Å²) in [5, 5.41) is 0. The van der Waals surface area contributed by atoms with Crippen molar-refractivity contribution in [2.75, 3.05) is 6.61 Å². The summed E-state index contributed by atoms with van der Waals surface area (Å²) in [7, 11) is 0. The van der Waals surface area contributed by atoms with Gasteiger partial charge in [-0.05, 0) is 51.3 Å². The minimum atomic E-state index is -1.82. The van der Waals surface area contributed by atoms with Gasteiger partial charge in [0.1, 0.15) is 28.8 Å². The molecule has 10 atom stereocenters. The van der Waals surface area contributed by atoms with Crippen LogP contribution in [0.3, 0.4) is 0 Å². The lowest BCUT2D eigenvalue weighted by molar-refractivity contribution is -0.235. The standard InChI is InChI=1S/C36H44O12/c1-9-26(41)45-28-19(2)17-36(48-22(5)39)27(28)30(44-20(3)37)35-18-43-34(8,32(36)46-31(42)23-13-11-10-12-14-23)29(35)24(15-16-25(35)40)33(6,7)47-21(4)38/h10-16,19,24,27-30,32H,9,17-18H2,1-8H3/t19-,24-,27+,28-,29-,30+,32+,34+,35+,36+/m0/s1. The lowest BCUT2D eigenvalue weighted by Crippen LogP contribution is -2.64. The van der Waals surface area contributed by atoms with E-state index in [0.29, 0.717) is 0 Å². The van der Waals surface area contributed by atoms with Crippen molar-refractivity contribution in [3.05, 3.63) is 48.0 Å². The topological polar surface area (TPSA) is 158 Å². The van der Waals surface area contributed by atoms with Crippen LogP contribution in [0, 0.1) is 29.1 Å². The van der Waals surface area contributed by atoms with Gasteiger partial charge in [0.05, 0.1) is 18.1 Å². The molecule has 0 N–H and O–H groups in total. The molecule has 0 unspecified atom stereocenters. The fourth-order valence-corrected chi connectivity index (χ4v) is 9.12. The number of rotatable bonds is 8. The summed E-state index contributed by atoms with van der Waals surface area (Å²) in [6, 6.07) is 8.22. The quantitative estimate of drug-likeness (QED) is 0.291. The molecule has 1 aromatic rings. The Kier molecular flexibility index (Phi) is 9.13. The van der Waals surface area contributed by atoms with E-state index in [9.17, 15) is 28.8 Å². The highest BCUT2D eigenvalue weighted by Crippen LogP contribution is 2.68. The van der Waals surface area contributed by atoms with Gasteiger partial charge in [-0.1, -0.05) is 38.1 Å². The Bertz CT molecular complexity index is 1530. The van der Waals surface area contributed by atoms with Crippen molar-refractivity contribution in [3.8, 4) is 0 Å². The van der Waals surface area contributed by atoms with Crippen molar-refractivity contribution in [2.24, 2.45) is 29.1 Å². The van der Waals surface area contributed by atoms with E-state index in [-0.39, 0.29) is 25.0 Å². The normalized spacial score (nSPS) is 36.6. The molecule has 1 aromatic carbocycles. The SMILES string of the molecule is CCC(=O)O[C@@H]1[C@@H]2[C@@H](OC(C)=O)[C@@]34CO[C@@](C)([C@@H](OC(=O)c5ccccc5)[C@@]2(OC(C)=O)C[C@@H]1C)[C@@H]3[C@@H](C(C)(C)OC(C)=O)C=CC4=O. The molecule has 0 spiro atoms. The summed E-state index contributed by atoms with van der Waals surface area (Å²) in [5.41, 5.74) is -6.14. The van der Waals surface area contributed by atoms with E-state index >= 15 is 0 Å². The van der Waals surface area contributed by atoms with Crippen LogP contribution in [0.5, 0.6) is 0 Å². The second-order valence-corrected chi connectivity index (χ2v) is 14.2. The Morgan fingerprint density at radius 2 is 1.62 bits per heavy atom. The first-order valence-corrected chi connectivity index (χ1v) is 16.3. The van der Waals surface area contributed by atoms with Gasteiger partial charge in [0.25, 0.3) is 0 Å². The van der Waals surface area contributed by atoms with Crippen LogP contribution >= 0.6 is 0 Å². The molecule has 12 heteroatoms. The molecule has 3 aliphatic carbocycles. The van der Waals surface area contributed by atoms with E-state index in [1.165, 1.54) is 26.8 Å². The highest BCUT2D eigenvalue weighted by molar-refractivity contribution is 5.98. The Hall–Kier alpha value is -4.06. The number of carbonyl (C=O) groups is 6. The maximum Gasteiger partial charge on any atom is 0.338 e. The van der Waals surface area contributed by atoms with Crippen LogP contribution in [0.1, 0.15) is 78.6 Å². The van der Waals surface area contributed by atoms with Gasteiger partial charge in [0, 0.05) is 39.0 Å². The fourth-order valence-electron chi connectivity index (χ4n) is 9.12. The monoisotopic (exact) mass is 668 g/mol. The molecule has 3 fully saturated rings. The van der Waals surface area contributed by atoms with Gasteiger partial charge in [0.15, 0.2) is 17.5 Å². The first-order chi connectivity index (χ1) is 22.4. The van der Waals surface area contributed by atoms with Crippen molar-refractivity contribution in [2.45, 2.75) is 103 Å². The van der Waals surface area contributed by atoms with Crippen molar-refractivity contribution in [1.29, 1.82) is 0 Å². The van der Waals surface area contributed by atoms with Crippen molar-refractivity contribution < 1.29 is 57.2 Å². The maximum absolute atomic E-state index is 14.5. The second-order valence-electron chi connectivity index (χ2n) is 14.2. The summed E-state index contributed by atoms with van der Waals surface area (Å²) in [6.07, 6.45) is -0.820. The number of fused-ring (bicyclic) bond motifs is 1. The van der Waals surface area contributed by atoms with E-state index in [4.69, 9.17) is 28.4 Å². The summed E-state index contributed by atoms with van der Waals surface area (Å²) >= 11 is 0. The minimum Gasteiger partial charge on any atom is -0.461 e. The van der Waals surface area contributed by atoms with E-state index in [1.807, 2.05) is 0 Å². The van der Waals surface area contributed by atoms with Crippen LogP contribution in [0.4, 0.5) is 0 Å². The number of ether oxygens (including phenoxy) is 6. The zero-order valence-corrected chi connectivity index (χ0v) is 28.6. The molecule has 1 heterocycles. The van der Waals surface area contributed by atoms with E-state index in [2.05, 4.69) is 0 Å². The second kappa shape index (κ2) is 12.4. The van der Waals surface area contributed by atoms with Gasteiger partial charge in [0.2, 0.25) is 0 Å². The number of benzene rings is 1. The molecule has 0 radical (unpaired) electrons. The highest BCUT2D eigenvalue weighted by atomic mass is 16.6. The van der Waals surface area contributed by atoms with Gasteiger partial charge >= 0.3 is 29.8 Å². The van der Waals surface area contributed by atoms with Crippen molar-refractivity contribution >= 4 is 35.6 Å². The third-order valence-electron chi connectivity index (χ3n) is 10.6. The van der Waals surface area contributed by atoms with Gasteiger partial charge in [-0.25, -0.2) is 4.79 Å². The molecule has 2 saturated carbocycles. The van der Waals surface area contributed by atoms with Gasteiger partial charge in [-0.15, -0.1) is 0 Å².